The number of aromatic nitrogens is 3. The van der Waals surface area contributed by atoms with Crippen LogP contribution in [-0.2, 0) is 21.5 Å². The van der Waals surface area contributed by atoms with Crippen LogP contribution < -0.4 is 9.86 Å². The Hall–Kier alpha value is -4.05. The van der Waals surface area contributed by atoms with E-state index in [2.05, 4.69) is 10.3 Å². The van der Waals surface area contributed by atoms with Crippen LogP contribution in [0, 0.1) is 6.92 Å². The van der Waals surface area contributed by atoms with Crippen LogP contribution in [0.15, 0.2) is 82.5 Å². The highest BCUT2D eigenvalue weighted by atomic mass is 32.2. The number of carbonyl (C=O) groups excluding carboxylic acids is 1. The van der Waals surface area contributed by atoms with E-state index in [0.717, 1.165) is 14.6 Å². The highest BCUT2D eigenvalue weighted by Crippen LogP contribution is 2.23. The lowest BCUT2D eigenvalue weighted by Gasteiger charge is -2.20. The van der Waals surface area contributed by atoms with E-state index in [1.807, 2.05) is 19.1 Å². The normalized spacial score (nSPS) is 11.3. The van der Waals surface area contributed by atoms with Gasteiger partial charge >= 0.3 is 5.97 Å². The van der Waals surface area contributed by atoms with Gasteiger partial charge in [0.05, 0.1) is 21.5 Å². The summed E-state index contributed by atoms with van der Waals surface area (Å²) < 4.78 is 33.3. The lowest BCUT2D eigenvalue weighted by Crippen LogP contribution is -2.27. The molecule has 0 amide bonds. The van der Waals surface area contributed by atoms with Crippen molar-refractivity contribution in [2.75, 3.05) is 11.4 Å². The van der Waals surface area contributed by atoms with Gasteiger partial charge in [0.2, 0.25) is 0 Å². The number of aryl methyl sites for hydroxylation is 1. The highest BCUT2D eigenvalue weighted by Gasteiger charge is 2.23. The van der Waals surface area contributed by atoms with Crippen molar-refractivity contribution in [2.45, 2.75) is 18.6 Å². The van der Waals surface area contributed by atoms with Gasteiger partial charge in [0.15, 0.2) is 6.73 Å². The number of hydrogen-bond donors (Lipinski definition) is 0. The number of sulfonamides is 1. The molecular weight excluding hydrogens is 444 g/mol. The molecule has 0 saturated carbocycles. The van der Waals surface area contributed by atoms with Crippen molar-refractivity contribution in [3.8, 4) is 0 Å². The topological polar surface area (TPSA) is 111 Å². The Balaban J connectivity index is 1.54. The molecule has 168 valence electrons. The second kappa shape index (κ2) is 8.83. The zero-order valence-corrected chi connectivity index (χ0v) is 18.7. The number of ether oxygens (including phenoxy) is 1. The summed E-state index contributed by atoms with van der Waals surface area (Å²) in [5, 5.41) is 8.04. The summed E-state index contributed by atoms with van der Waals surface area (Å²) in [7, 11) is -2.47. The maximum Gasteiger partial charge on any atom is 0.339 e. The summed E-state index contributed by atoms with van der Waals surface area (Å²) in [5.41, 5.74) is 1.49. The van der Waals surface area contributed by atoms with Crippen LogP contribution in [0.5, 0.6) is 0 Å². The van der Waals surface area contributed by atoms with E-state index in [0.29, 0.717) is 16.6 Å². The molecule has 0 aliphatic heterocycles. The van der Waals surface area contributed by atoms with E-state index in [-0.39, 0.29) is 10.5 Å². The third kappa shape index (κ3) is 4.46. The van der Waals surface area contributed by atoms with E-state index in [9.17, 15) is 18.0 Å². The Kier molecular flexibility index (Phi) is 5.93. The Morgan fingerprint density at radius 1 is 1.03 bits per heavy atom. The predicted octanol–water partition coefficient (Wildman–Crippen LogP) is 2.74. The number of fused-ring (bicyclic) bond motifs is 1. The van der Waals surface area contributed by atoms with Crippen molar-refractivity contribution in [2.24, 2.45) is 0 Å². The number of benzene rings is 3. The Morgan fingerprint density at radius 2 is 1.76 bits per heavy atom. The van der Waals surface area contributed by atoms with Gasteiger partial charge in [0.1, 0.15) is 5.52 Å². The van der Waals surface area contributed by atoms with Crippen molar-refractivity contribution in [1.82, 2.24) is 15.0 Å². The predicted molar refractivity (Wildman–Crippen MR) is 122 cm³/mol. The summed E-state index contributed by atoms with van der Waals surface area (Å²) in [4.78, 5) is 25.0. The molecule has 3 aromatic carbocycles. The third-order valence-electron chi connectivity index (χ3n) is 5.07. The number of anilines is 1. The van der Waals surface area contributed by atoms with Crippen LogP contribution in [-0.4, -0.2) is 36.4 Å². The van der Waals surface area contributed by atoms with Gasteiger partial charge in [-0.05, 0) is 49.4 Å². The van der Waals surface area contributed by atoms with Gasteiger partial charge in [-0.25, -0.2) is 13.2 Å². The van der Waals surface area contributed by atoms with E-state index < -0.39 is 28.3 Å². The first kappa shape index (κ1) is 22.2. The molecule has 33 heavy (non-hydrogen) atoms. The van der Waals surface area contributed by atoms with Gasteiger partial charge in [-0.1, -0.05) is 41.1 Å². The standard InChI is InChI=1S/C23H20N4O5S/c1-16-10-12-18(13-11-16)26(2)33(30,31)19-7-5-6-17(14-19)23(29)32-15-27-22(28)20-8-3-4-9-21(20)24-25-27/h3-14H,15H2,1-2H3. The molecule has 0 radical (unpaired) electrons. The molecule has 0 saturated heterocycles. The minimum atomic E-state index is -3.91. The van der Waals surface area contributed by atoms with Gasteiger partial charge in [-0.3, -0.25) is 9.10 Å². The number of carbonyl (C=O) groups is 1. The van der Waals surface area contributed by atoms with Gasteiger partial charge in [-0.2, -0.15) is 4.68 Å². The van der Waals surface area contributed by atoms with E-state index in [1.165, 1.54) is 31.3 Å². The highest BCUT2D eigenvalue weighted by molar-refractivity contribution is 7.92. The molecule has 0 bridgehead atoms. The first-order valence-electron chi connectivity index (χ1n) is 9.93. The number of rotatable bonds is 6. The summed E-state index contributed by atoms with van der Waals surface area (Å²) in [6.45, 7) is 1.45. The summed E-state index contributed by atoms with van der Waals surface area (Å²) >= 11 is 0. The maximum absolute atomic E-state index is 13.1. The molecule has 1 heterocycles. The fourth-order valence-electron chi connectivity index (χ4n) is 3.15. The quantitative estimate of drug-likeness (QED) is 0.403. The summed E-state index contributed by atoms with van der Waals surface area (Å²) in [6.07, 6.45) is 0. The zero-order chi connectivity index (χ0) is 23.6. The smallest absolute Gasteiger partial charge is 0.339 e. The van der Waals surface area contributed by atoms with Gasteiger partial charge in [0, 0.05) is 7.05 Å². The fourth-order valence-corrected chi connectivity index (χ4v) is 4.39. The van der Waals surface area contributed by atoms with Crippen LogP contribution in [0.3, 0.4) is 0 Å². The van der Waals surface area contributed by atoms with Crippen molar-refractivity contribution >= 4 is 32.6 Å². The summed E-state index contributed by atoms with van der Waals surface area (Å²) in [5.74, 6) is -0.799. The Morgan fingerprint density at radius 3 is 2.52 bits per heavy atom. The van der Waals surface area contributed by atoms with Crippen molar-refractivity contribution in [3.05, 3.63) is 94.3 Å². The van der Waals surface area contributed by atoms with Crippen molar-refractivity contribution in [1.29, 1.82) is 0 Å². The molecule has 10 heteroatoms. The molecule has 0 aliphatic rings. The monoisotopic (exact) mass is 464 g/mol. The minimum absolute atomic E-state index is 0.0233. The van der Waals surface area contributed by atoms with E-state index >= 15 is 0 Å². The second-order valence-electron chi connectivity index (χ2n) is 7.31. The molecule has 1 aromatic heterocycles. The van der Waals surface area contributed by atoms with Gasteiger partial charge in [0.25, 0.3) is 15.6 Å². The largest absolute Gasteiger partial charge is 0.439 e. The zero-order valence-electron chi connectivity index (χ0n) is 17.9. The molecule has 0 atom stereocenters. The first-order chi connectivity index (χ1) is 15.8. The Labute approximate surface area is 189 Å². The average molecular weight is 465 g/mol. The molecule has 4 rings (SSSR count). The molecule has 0 unspecified atom stereocenters. The molecule has 0 spiro atoms. The van der Waals surface area contributed by atoms with Crippen molar-refractivity contribution in [3.63, 3.8) is 0 Å². The van der Waals surface area contributed by atoms with E-state index in [4.69, 9.17) is 4.74 Å². The average Bonchev–Trinajstić information content (AvgIpc) is 2.83. The summed E-state index contributed by atoms with van der Waals surface area (Å²) in [6, 6.07) is 19.2. The van der Waals surface area contributed by atoms with Crippen molar-refractivity contribution < 1.29 is 17.9 Å². The SMILES string of the molecule is Cc1ccc(N(C)S(=O)(=O)c2cccc(C(=O)OCn3nnc4ccccc4c3=O)c2)cc1. The van der Waals surface area contributed by atoms with Gasteiger partial charge < -0.3 is 4.74 Å². The second-order valence-corrected chi connectivity index (χ2v) is 9.28. The van der Waals surface area contributed by atoms with Crippen LogP contribution in [0.25, 0.3) is 10.9 Å². The molecule has 4 aromatic rings. The lowest BCUT2D eigenvalue weighted by atomic mass is 10.2. The molecule has 0 aliphatic carbocycles. The molecule has 9 nitrogen and oxygen atoms in total. The third-order valence-corrected chi connectivity index (χ3v) is 6.85. The van der Waals surface area contributed by atoms with E-state index in [1.54, 1.807) is 36.4 Å². The van der Waals surface area contributed by atoms with Gasteiger partial charge in [-0.15, -0.1) is 5.10 Å². The number of hydrogen-bond acceptors (Lipinski definition) is 7. The Bertz CT molecular complexity index is 1500. The van der Waals surface area contributed by atoms with Crippen LogP contribution in [0.4, 0.5) is 5.69 Å². The first-order valence-corrected chi connectivity index (χ1v) is 11.4. The molecule has 0 N–H and O–H groups in total. The number of esters is 1. The van der Waals surface area contributed by atoms with Crippen LogP contribution in [0.1, 0.15) is 15.9 Å². The van der Waals surface area contributed by atoms with Crippen LogP contribution in [0.2, 0.25) is 0 Å². The lowest BCUT2D eigenvalue weighted by molar-refractivity contribution is 0.0336. The fraction of sp³-hybridized carbons (Fsp3) is 0.130. The number of nitrogens with zero attached hydrogens (tertiary/aromatic N) is 4. The minimum Gasteiger partial charge on any atom is -0.439 e. The molecule has 0 fully saturated rings. The maximum atomic E-state index is 13.1. The van der Waals surface area contributed by atoms with Crippen LogP contribution >= 0.6 is 0 Å². The molecular formula is C23H20N4O5S.